The molecule has 0 radical (unpaired) electrons. The number of hydrogen-bond acceptors (Lipinski definition) is 2. The van der Waals surface area contributed by atoms with Crippen molar-refractivity contribution in [3.05, 3.63) is 28.8 Å². The lowest BCUT2D eigenvalue weighted by molar-refractivity contribution is 1.14. The molecule has 0 fully saturated rings. The van der Waals surface area contributed by atoms with Gasteiger partial charge in [0, 0.05) is 10.7 Å². The van der Waals surface area contributed by atoms with Gasteiger partial charge in [-0.25, -0.2) is 0 Å². The molecule has 0 aromatic heterocycles. The van der Waals surface area contributed by atoms with Crippen molar-refractivity contribution in [2.75, 3.05) is 5.43 Å². The number of hydrogen-bond donors (Lipinski definition) is 2. The van der Waals surface area contributed by atoms with Crippen LogP contribution in [0.5, 0.6) is 0 Å². The van der Waals surface area contributed by atoms with Gasteiger partial charge in [-0.05, 0) is 24.1 Å². The van der Waals surface area contributed by atoms with Crippen molar-refractivity contribution in [3.8, 4) is 0 Å². The van der Waals surface area contributed by atoms with Gasteiger partial charge in [0.1, 0.15) is 0 Å². The van der Waals surface area contributed by atoms with Crippen LogP contribution in [0.2, 0.25) is 5.02 Å². The lowest BCUT2D eigenvalue weighted by Crippen LogP contribution is -2.06. The van der Waals surface area contributed by atoms with Crippen LogP contribution in [0.3, 0.4) is 0 Å². The Morgan fingerprint density at radius 3 is 2.73 bits per heavy atom. The fourth-order valence-corrected chi connectivity index (χ4v) is 1.24. The van der Waals surface area contributed by atoms with Crippen LogP contribution in [0.25, 0.3) is 0 Å². The van der Waals surface area contributed by atoms with Crippen molar-refractivity contribution in [2.45, 2.75) is 13.3 Å². The first kappa shape index (κ1) is 8.37. The number of nitrogens with two attached hydrogens (primary N) is 1. The van der Waals surface area contributed by atoms with Crippen molar-refractivity contribution in [3.63, 3.8) is 0 Å². The molecule has 11 heavy (non-hydrogen) atoms. The van der Waals surface area contributed by atoms with Crippen LogP contribution >= 0.6 is 11.6 Å². The maximum Gasteiger partial charge on any atom is 0.0500 e. The van der Waals surface area contributed by atoms with E-state index in [1.54, 1.807) is 0 Å². The van der Waals surface area contributed by atoms with Crippen LogP contribution < -0.4 is 11.3 Å². The average molecular weight is 171 g/mol. The maximum atomic E-state index is 5.91. The van der Waals surface area contributed by atoms with Crippen molar-refractivity contribution in [1.82, 2.24) is 0 Å². The lowest BCUT2D eigenvalue weighted by Gasteiger charge is -2.03. The quantitative estimate of drug-likeness (QED) is 0.528. The second-order valence-electron chi connectivity index (χ2n) is 2.30. The van der Waals surface area contributed by atoms with Gasteiger partial charge in [-0.1, -0.05) is 24.6 Å². The first-order valence-corrected chi connectivity index (χ1v) is 3.90. The highest BCUT2D eigenvalue weighted by atomic mass is 35.5. The summed E-state index contributed by atoms with van der Waals surface area (Å²) < 4.78 is 0. The Balaban J connectivity index is 2.99. The van der Waals surface area contributed by atoms with E-state index in [0.29, 0.717) is 0 Å². The average Bonchev–Trinajstić information content (AvgIpc) is 2.04. The zero-order valence-electron chi connectivity index (χ0n) is 6.39. The van der Waals surface area contributed by atoms with E-state index in [-0.39, 0.29) is 0 Å². The van der Waals surface area contributed by atoms with Gasteiger partial charge in [-0.3, -0.25) is 5.84 Å². The summed E-state index contributed by atoms with van der Waals surface area (Å²) in [6.45, 7) is 2.07. The van der Waals surface area contributed by atoms with Crippen molar-refractivity contribution in [2.24, 2.45) is 5.84 Å². The van der Waals surface area contributed by atoms with Crippen LogP contribution in [0.4, 0.5) is 5.69 Å². The number of aryl methyl sites for hydroxylation is 1. The minimum absolute atomic E-state index is 0.767. The third-order valence-electron chi connectivity index (χ3n) is 1.60. The summed E-state index contributed by atoms with van der Waals surface area (Å²) in [7, 11) is 0. The Bertz CT molecular complexity index is 248. The van der Waals surface area contributed by atoms with E-state index < -0.39 is 0 Å². The minimum Gasteiger partial charge on any atom is -0.324 e. The Morgan fingerprint density at radius 1 is 1.55 bits per heavy atom. The molecule has 0 spiro atoms. The van der Waals surface area contributed by atoms with Gasteiger partial charge in [0.15, 0.2) is 0 Å². The predicted molar refractivity (Wildman–Crippen MR) is 48.6 cm³/mol. The smallest absolute Gasteiger partial charge is 0.0500 e. The number of hydrazine groups is 1. The third-order valence-corrected chi connectivity index (χ3v) is 1.95. The Morgan fingerprint density at radius 2 is 2.27 bits per heavy atom. The summed E-state index contributed by atoms with van der Waals surface area (Å²) in [6, 6.07) is 5.70. The topological polar surface area (TPSA) is 38.0 Å². The molecule has 1 aromatic carbocycles. The molecule has 0 aliphatic heterocycles. The third kappa shape index (κ3) is 1.85. The largest absolute Gasteiger partial charge is 0.324 e. The molecule has 3 N–H and O–H groups in total. The summed E-state index contributed by atoms with van der Waals surface area (Å²) >= 11 is 5.91. The molecule has 0 bridgehead atoms. The maximum absolute atomic E-state index is 5.91. The number of benzene rings is 1. The predicted octanol–water partition coefficient (Wildman–Crippen LogP) is 2.19. The van der Waals surface area contributed by atoms with Gasteiger partial charge in [0.2, 0.25) is 0 Å². The molecular weight excluding hydrogens is 160 g/mol. The van der Waals surface area contributed by atoms with E-state index in [9.17, 15) is 0 Å². The fraction of sp³-hybridized carbons (Fsp3) is 0.250. The number of nitrogens with one attached hydrogen (secondary N) is 1. The van der Waals surface area contributed by atoms with Gasteiger partial charge in [0.05, 0.1) is 0 Å². The zero-order chi connectivity index (χ0) is 8.27. The van der Waals surface area contributed by atoms with Gasteiger partial charge < -0.3 is 5.43 Å². The molecule has 0 unspecified atom stereocenters. The molecule has 1 aromatic rings. The molecule has 1 rings (SSSR count). The number of rotatable bonds is 2. The Kier molecular flexibility index (Phi) is 2.74. The molecule has 3 heteroatoms. The van der Waals surface area contributed by atoms with Crippen LogP contribution in [0, 0.1) is 0 Å². The molecule has 0 saturated heterocycles. The second-order valence-corrected chi connectivity index (χ2v) is 2.71. The van der Waals surface area contributed by atoms with Crippen molar-refractivity contribution < 1.29 is 0 Å². The summed E-state index contributed by atoms with van der Waals surface area (Å²) in [4.78, 5) is 0. The van der Waals surface area contributed by atoms with Crippen molar-refractivity contribution >= 4 is 17.3 Å². The van der Waals surface area contributed by atoms with Gasteiger partial charge in [0.25, 0.3) is 0 Å². The Hall–Kier alpha value is -0.730. The van der Waals surface area contributed by atoms with E-state index in [4.69, 9.17) is 17.4 Å². The molecule has 0 saturated carbocycles. The first-order chi connectivity index (χ1) is 5.27. The minimum atomic E-state index is 0.767. The highest BCUT2D eigenvalue weighted by molar-refractivity contribution is 6.31. The number of anilines is 1. The highest BCUT2D eigenvalue weighted by Gasteiger charge is 1.97. The van der Waals surface area contributed by atoms with Gasteiger partial charge in [-0.2, -0.15) is 0 Å². The van der Waals surface area contributed by atoms with Crippen LogP contribution in [-0.2, 0) is 6.42 Å². The molecule has 60 valence electrons. The molecule has 0 atom stereocenters. The molecular formula is C8H11ClN2. The second kappa shape index (κ2) is 3.60. The van der Waals surface area contributed by atoms with Crippen molar-refractivity contribution in [1.29, 1.82) is 0 Å². The monoisotopic (exact) mass is 170 g/mol. The molecule has 0 aliphatic rings. The van der Waals surface area contributed by atoms with E-state index in [1.807, 2.05) is 18.2 Å². The van der Waals surface area contributed by atoms with Crippen LogP contribution in [0.1, 0.15) is 12.5 Å². The van der Waals surface area contributed by atoms with E-state index >= 15 is 0 Å². The van der Waals surface area contributed by atoms with Gasteiger partial charge in [-0.15, -0.1) is 0 Å². The normalized spacial score (nSPS) is 9.73. The standard InChI is InChI=1S/C8H11ClN2/c1-2-6-3-4-7(11-10)5-8(6)9/h3-5,11H,2,10H2,1H3. The zero-order valence-corrected chi connectivity index (χ0v) is 7.15. The SMILES string of the molecule is CCc1ccc(NN)cc1Cl. The van der Waals surface area contributed by atoms with E-state index in [0.717, 1.165) is 22.7 Å². The summed E-state index contributed by atoms with van der Waals surface area (Å²) in [5.41, 5.74) is 4.52. The molecule has 0 heterocycles. The molecule has 0 aliphatic carbocycles. The molecule has 2 nitrogen and oxygen atoms in total. The summed E-state index contributed by atoms with van der Waals surface area (Å²) in [5.74, 6) is 5.20. The summed E-state index contributed by atoms with van der Waals surface area (Å²) in [6.07, 6.45) is 0.948. The summed E-state index contributed by atoms with van der Waals surface area (Å²) in [5, 5.41) is 0.767. The van der Waals surface area contributed by atoms with Gasteiger partial charge >= 0.3 is 0 Å². The van der Waals surface area contributed by atoms with Crippen LogP contribution in [0.15, 0.2) is 18.2 Å². The Labute approximate surface area is 71.3 Å². The van der Waals surface area contributed by atoms with E-state index in [2.05, 4.69) is 12.3 Å². The molecule has 0 amide bonds. The fourth-order valence-electron chi connectivity index (χ4n) is 0.924. The number of nitrogen functional groups attached to an aromatic ring is 1. The highest BCUT2D eigenvalue weighted by Crippen LogP contribution is 2.20. The first-order valence-electron chi connectivity index (χ1n) is 3.53. The number of halogens is 1. The van der Waals surface area contributed by atoms with E-state index in [1.165, 1.54) is 0 Å². The lowest BCUT2D eigenvalue weighted by atomic mass is 10.1. The van der Waals surface area contributed by atoms with Crippen LogP contribution in [-0.4, -0.2) is 0 Å².